The zero-order valence-corrected chi connectivity index (χ0v) is 21.4. The number of carbonyl (C=O) groups excluding carboxylic acids is 1. The van der Waals surface area contributed by atoms with Crippen LogP contribution in [0.5, 0.6) is 11.5 Å². The van der Waals surface area contributed by atoms with Crippen LogP contribution in [-0.4, -0.2) is 27.5 Å². The van der Waals surface area contributed by atoms with Crippen LogP contribution >= 0.6 is 0 Å². The quantitative estimate of drug-likeness (QED) is 0.374. The lowest BCUT2D eigenvalue weighted by Crippen LogP contribution is -2.22. The average molecular weight is 497 g/mol. The highest BCUT2D eigenvalue weighted by molar-refractivity contribution is 7.92. The fourth-order valence-electron chi connectivity index (χ4n) is 3.67. The van der Waals surface area contributed by atoms with Crippen molar-refractivity contribution >= 4 is 27.3 Å². The maximum Gasteiger partial charge on any atom is 0.262 e. The summed E-state index contributed by atoms with van der Waals surface area (Å²) in [5.74, 6) is 0.842. The standard InChI is InChI=1S/C27H32N2O5S/c1-5-20-9-8-10-21(6-2)27(20)28-26(30)18-34-25-16-15-24(17-19(25)4)35(31,32)29-22-11-13-23(14-12-22)33-7-3/h8-17,29H,5-7,18H2,1-4H3,(H,28,30). The van der Waals surface area contributed by atoms with Gasteiger partial charge in [0, 0.05) is 11.4 Å². The van der Waals surface area contributed by atoms with E-state index in [0.29, 0.717) is 29.4 Å². The molecule has 3 aromatic rings. The van der Waals surface area contributed by atoms with E-state index in [1.165, 1.54) is 12.1 Å². The molecular weight excluding hydrogens is 464 g/mol. The van der Waals surface area contributed by atoms with Gasteiger partial charge < -0.3 is 14.8 Å². The summed E-state index contributed by atoms with van der Waals surface area (Å²) in [7, 11) is -3.79. The molecule has 0 radical (unpaired) electrons. The van der Waals surface area contributed by atoms with Gasteiger partial charge in [0.05, 0.1) is 11.5 Å². The molecule has 0 saturated carbocycles. The lowest BCUT2D eigenvalue weighted by atomic mass is 10.0. The Labute approximate surface area is 207 Å². The highest BCUT2D eigenvalue weighted by Gasteiger charge is 2.17. The van der Waals surface area contributed by atoms with Gasteiger partial charge in [-0.15, -0.1) is 0 Å². The number of amides is 1. The molecule has 35 heavy (non-hydrogen) atoms. The SMILES string of the molecule is CCOc1ccc(NS(=O)(=O)c2ccc(OCC(=O)Nc3c(CC)cccc3CC)c(C)c2)cc1. The van der Waals surface area contributed by atoms with Crippen LogP contribution in [0.2, 0.25) is 0 Å². The molecule has 1 amide bonds. The molecule has 0 spiro atoms. The minimum Gasteiger partial charge on any atom is -0.494 e. The van der Waals surface area contributed by atoms with Gasteiger partial charge in [-0.05, 0) is 85.8 Å². The van der Waals surface area contributed by atoms with Crippen LogP contribution in [0, 0.1) is 6.92 Å². The molecule has 3 aromatic carbocycles. The second kappa shape index (κ2) is 11.8. The van der Waals surface area contributed by atoms with Crippen molar-refractivity contribution in [3.63, 3.8) is 0 Å². The van der Waals surface area contributed by atoms with E-state index >= 15 is 0 Å². The van der Waals surface area contributed by atoms with Gasteiger partial charge in [-0.25, -0.2) is 8.42 Å². The number of rotatable bonds is 11. The molecule has 0 atom stereocenters. The predicted molar refractivity (Wildman–Crippen MR) is 139 cm³/mol. The lowest BCUT2D eigenvalue weighted by Gasteiger charge is -2.15. The van der Waals surface area contributed by atoms with Gasteiger partial charge in [-0.2, -0.15) is 0 Å². The molecule has 7 nitrogen and oxygen atoms in total. The summed E-state index contributed by atoms with van der Waals surface area (Å²) in [6.45, 7) is 8.07. The minimum absolute atomic E-state index is 0.102. The van der Waals surface area contributed by atoms with E-state index in [1.807, 2.05) is 39.0 Å². The fraction of sp³-hybridized carbons (Fsp3) is 0.296. The van der Waals surface area contributed by atoms with Gasteiger partial charge in [0.2, 0.25) is 0 Å². The monoisotopic (exact) mass is 496 g/mol. The summed E-state index contributed by atoms with van der Waals surface area (Å²) in [4.78, 5) is 12.7. The molecule has 2 N–H and O–H groups in total. The molecule has 0 fully saturated rings. The van der Waals surface area contributed by atoms with Gasteiger partial charge in [-0.3, -0.25) is 9.52 Å². The third-order valence-corrected chi connectivity index (χ3v) is 6.88. The van der Waals surface area contributed by atoms with E-state index in [9.17, 15) is 13.2 Å². The zero-order valence-electron chi connectivity index (χ0n) is 20.6. The average Bonchev–Trinajstić information content (AvgIpc) is 2.84. The van der Waals surface area contributed by atoms with Crippen molar-refractivity contribution in [2.24, 2.45) is 0 Å². The Morgan fingerprint density at radius 2 is 1.54 bits per heavy atom. The van der Waals surface area contributed by atoms with E-state index in [-0.39, 0.29) is 17.4 Å². The van der Waals surface area contributed by atoms with Crippen LogP contribution < -0.4 is 19.5 Å². The minimum atomic E-state index is -3.79. The second-order valence-electron chi connectivity index (χ2n) is 7.99. The Hall–Kier alpha value is -3.52. The second-order valence-corrected chi connectivity index (χ2v) is 9.67. The van der Waals surface area contributed by atoms with E-state index in [0.717, 1.165) is 29.7 Å². The molecule has 0 bridgehead atoms. The number of aryl methyl sites for hydroxylation is 3. The molecule has 0 unspecified atom stereocenters. The maximum absolute atomic E-state index is 12.8. The highest BCUT2D eigenvalue weighted by Crippen LogP contribution is 2.25. The van der Waals surface area contributed by atoms with E-state index in [4.69, 9.17) is 9.47 Å². The molecule has 0 saturated heterocycles. The van der Waals surface area contributed by atoms with Crippen LogP contribution in [0.15, 0.2) is 65.6 Å². The van der Waals surface area contributed by atoms with Crippen molar-refractivity contribution in [2.45, 2.75) is 45.4 Å². The molecule has 0 aromatic heterocycles. The first-order valence-corrected chi connectivity index (χ1v) is 13.1. The summed E-state index contributed by atoms with van der Waals surface area (Å²) in [6.07, 6.45) is 1.62. The Balaban J connectivity index is 1.65. The van der Waals surface area contributed by atoms with Crippen LogP contribution in [0.4, 0.5) is 11.4 Å². The van der Waals surface area contributed by atoms with E-state index < -0.39 is 10.0 Å². The van der Waals surface area contributed by atoms with Crippen molar-refractivity contribution in [3.05, 3.63) is 77.4 Å². The van der Waals surface area contributed by atoms with Crippen molar-refractivity contribution in [1.29, 1.82) is 0 Å². The molecule has 0 heterocycles. The number of nitrogens with one attached hydrogen (secondary N) is 2. The number of hydrogen-bond donors (Lipinski definition) is 2. The van der Waals surface area contributed by atoms with Crippen molar-refractivity contribution in [3.8, 4) is 11.5 Å². The summed E-state index contributed by atoms with van der Waals surface area (Å²) < 4.78 is 39.3. The number of benzene rings is 3. The first-order chi connectivity index (χ1) is 16.8. The third kappa shape index (κ3) is 6.76. The smallest absolute Gasteiger partial charge is 0.262 e. The lowest BCUT2D eigenvalue weighted by molar-refractivity contribution is -0.118. The molecular formula is C27H32N2O5S. The van der Waals surface area contributed by atoms with Crippen LogP contribution in [0.3, 0.4) is 0 Å². The molecule has 0 aliphatic carbocycles. The normalized spacial score (nSPS) is 11.1. The molecule has 8 heteroatoms. The summed E-state index contributed by atoms with van der Waals surface area (Å²) in [6, 6.07) is 17.2. The van der Waals surface area contributed by atoms with Gasteiger partial charge >= 0.3 is 0 Å². The predicted octanol–water partition coefficient (Wildman–Crippen LogP) is 5.34. The summed E-state index contributed by atoms with van der Waals surface area (Å²) in [5.41, 5.74) is 4.02. The van der Waals surface area contributed by atoms with Crippen molar-refractivity contribution < 1.29 is 22.7 Å². The van der Waals surface area contributed by atoms with E-state index in [2.05, 4.69) is 10.0 Å². The Bertz CT molecular complexity index is 1250. The maximum atomic E-state index is 12.8. The molecule has 3 rings (SSSR count). The van der Waals surface area contributed by atoms with Gasteiger partial charge in [0.25, 0.3) is 15.9 Å². The number of hydrogen-bond acceptors (Lipinski definition) is 5. The summed E-state index contributed by atoms with van der Waals surface area (Å²) in [5, 5.41) is 2.97. The molecule has 186 valence electrons. The molecule has 0 aliphatic heterocycles. The Morgan fingerprint density at radius 3 is 2.11 bits per heavy atom. The van der Waals surface area contributed by atoms with Gasteiger partial charge in [-0.1, -0.05) is 32.0 Å². The van der Waals surface area contributed by atoms with E-state index in [1.54, 1.807) is 37.3 Å². The number of sulfonamides is 1. The Kier molecular flexibility index (Phi) is 8.76. The van der Waals surface area contributed by atoms with Crippen molar-refractivity contribution in [1.82, 2.24) is 0 Å². The first kappa shape index (κ1) is 26.1. The van der Waals surface area contributed by atoms with Gasteiger partial charge in [0.1, 0.15) is 11.5 Å². The van der Waals surface area contributed by atoms with Crippen LogP contribution in [0.1, 0.15) is 37.5 Å². The number of anilines is 2. The van der Waals surface area contributed by atoms with Gasteiger partial charge in [0.15, 0.2) is 6.61 Å². The number of para-hydroxylation sites is 1. The van der Waals surface area contributed by atoms with Crippen LogP contribution in [0.25, 0.3) is 0 Å². The topological polar surface area (TPSA) is 93.7 Å². The fourth-order valence-corrected chi connectivity index (χ4v) is 4.82. The third-order valence-electron chi connectivity index (χ3n) is 5.50. The number of ether oxygens (including phenoxy) is 2. The first-order valence-electron chi connectivity index (χ1n) is 11.7. The summed E-state index contributed by atoms with van der Waals surface area (Å²) >= 11 is 0. The van der Waals surface area contributed by atoms with Crippen molar-refractivity contribution in [2.75, 3.05) is 23.3 Å². The number of carbonyl (C=O) groups is 1. The highest BCUT2D eigenvalue weighted by atomic mass is 32.2. The largest absolute Gasteiger partial charge is 0.494 e. The molecule has 0 aliphatic rings. The Morgan fingerprint density at radius 1 is 0.886 bits per heavy atom. The zero-order chi connectivity index (χ0) is 25.4. The van der Waals surface area contributed by atoms with Crippen LogP contribution in [-0.2, 0) is 27.7 Å².